The maximum Gasteiger partial charge on any atom is 0.264 e. The number of sulfonamides is 1. The number of hydrogen-bond donors (Lipinski definition) is 1. The molecule has 214 valence electrons. The Hall–Kier alpha value is -3.07. The maximum absolute atomic E-state index is 14.1. The van der Waals surface area contributed by atoms with E-state index in [4.69, 9.17) is 23.2 Å². The van der Waals surface area contributed by atoms with E-state index in [9.17, 15) is 18.0 Å². The third kappa shape index (κ3) is 7.56. The first-order valence-electron chi connectivity index (χ1n) is 13.2. The molecule has 0 saturated heterocycles. The molecule has 0 aliphatic heterocycles. The number of rotatable bonds is 13. The van der Waals surface area contributed by atoms with E-state index in [1.807, 2.05) is 13.8 Å². The number of carbonyl (C=O) groups excluding carboxylic acids is 2. The summed E-state index contributed by atoms with van der Waals surface area (Å²) in [5.74, 6) is -0.843. The first-order chi connectivity index (χ1) is 19.1. The lowest BCUT2D eigenvalue weighted by Crippen LogP contribution is -2.52. The van der Waals surface area contributed by atoms with E-state index in [-0.39, 0.29) is 23.0 Å². The first kappa shape index (κ1) is 31.5. The quantitative estimate of drug-likeness (QED) is 0.235. The molecular weight excluding hydrogens is 569 g/mol. The lowest BCUT2D eigenvalue weighted by Gasteiger charge is -2.33. The summed E-state index contributed by atoms with van der Waals surface area (Å²) in [7, 11) is -4.17. The minimum absolute atomic E-state index is 0.0316. The summed E-state index contributed by atoms with van der Waals surface area (Å²) in [5, 5.41) is 3.73. The SMILES string of the molecule is CCCCNC(=O)[C@H](CC)N(Cc1ccccc1Cl)C(=O)CN(c1cccc(Cl)c1C)S(=O)(=O)c1ccccc1. The molecule has 0 radical (unpaired) electrons. The van der Waals surface area contributed by atoms with Gasteiger partial charge >= 0.3 is 0 Å². The van der Waals surface area contributed by atoms with Gasteiger partial charge in [0.15, 0.2) is 0 Å². The van der Waals surface area contributed by atoms with Gasteiger partial charge in [0.1, 0.15) is 12.6 Å². The summed E-state index contributed by atoms with van der Waals surface area (Å²) in [6, 6.07) is 19.1. The van der Waals surface area contributed by atoms with Gasteiger partial charge in [0.05, 0.1) is 10.6 Å². The third-order valence-corrected chi connectivity index (χ3v) is 9.18. The fourth-order valence-corrected chi connectivity index (χ4v) is 6.19. The van der Waals surface area contributed by atoms with Crippen LogP contribution in [-0.2, 0) is 26.2 Å². The average molecular weight is 605 g/mol. The van der Waals surface area contributed by atoms with Crippen molar-refractivity contribution in [2.24, 2.45) is 0 Å². The molecule has 40 heavy (non-hydrogen) atoms. The van der Waals surface area contributed by atoms with Gasteiger partial charge in [-0.1, -0.05) is 85.9 Å². The molecule has 0 heterocycles. The summed E-state index contributed by atoms with van der Waals surface area (Å²) in [6.07, 6.45) is 2.04. The Kier molecular flexibility index (Phi) is 11.4. The normalized spacial score (nSPS) is 12.0. The van der Waals surface area contributed by atoms with Gasteiger partial charge in [-0.15, -0.1) is 0 Å². The average Bonchev–Trinajstić information content (AvgIpc) is 2.94. The summed E-state index contributed by atoms with van der Waals surface area (Å²) in [4.78, 5) is 28.8. The van der Waals surface area contributed by atoms with E-state index in [0.717, 1.165) is 17.1 Å². The molecule has 0 aromatic heterocycles. The highest BCUT2D eigenvalue weighted by Gasteiger charge is 2.34. The van der Waals surface area contributed by atoms with Crippen LogP contribution in [0.1, 0.15) is 44.2 Å². The summed E-state index contributed by atoms with van der Waals surface area (Å²) < 4.78 is 28.9. The Labute approximate surface area is 247 Å². The van der Waals surface area contributed by atoms with Gasteiger partial charge in [0, 0.05) is 23.1 Å². The Morgan fingerprint density at radius 2 is 1.55 bits per heavy atom. The van der Waals surface area contributed by atoms with Crippen LogP contribution in [0.3, 0.4) is 0 Å². The molecular formula is C30H35Cl2N3O4S. The molecule has 3 aromatic rings. The van der Waals surface area contributed by atoms with Crippen molar-refractivity contribution in [3.05, 3.63) is 94.0 Å². The van der Waals surface area contributed by atoms with Crippen molar-refractivity contribution in [1.29, 1.82) is 0 Å². The number of carbonyl (C=O) groups is 2. The molecule has 0 aliphatic carbocycles. The van der Waals surface area contributed by atoms with Crippen LogP contribution in [-0.4, -0.2) is 44.3 Å². The Balaban J connectivity index is 2.08. The molecule has 0 unspecified atom stereocenters. The van der Waals surface area contributed by atoms with E-state index < -0.39 is 28.5 Å². The lowest BCUT2D eigenvalue weighted by molar-refractivity contribution is -0.140. The largest absolute Gasteiger partial charge is 0.354 e. The van der Waals surface area contributed by atoms with Crippen molar-refractivity contribution in [2.75, 3.05) is 17.4 Å². The van der Waals surface area contributed by atoms with Crippen molar-refractivity contribution in [2.45, 2.75) is 57.5 Å². The van der Waals surface area contributed by atoms with Gasteiger partial charge in [-0.2, -0.15) is 0 Å². The molecule has 2 amide bonds. The molecule has 3 rings (SSSR count). The van der Waals surface area contributed by atoms with Crippen molar-refractivity contribution in [1.82, 2.24) is 10.2 Å². The molecule has 10 heteroatoms. The maximum atomic E-state index is 14.1. The number of hydrogen-bond acceptors (Lipinski definition) is 4. The second kappa shape index (κ2) is 14.5. The van der Waals surface area contributed by atoms with E-state index >= 15 is 0 Å². The third-order valence-electron chi connectivity index (χ3n) is 6.63. The van der Waals surface area contributed by atoms with Gasteiger partial charge in [0.2, 0.25) is 11.8 Å². The minimum atomic E-state index is -4.17. The predicted octanol–water partition coefficient (Wildman–Crippen LogP) is 6.22. The summed E-state index contributed by atoms with van der Waals surface area (Å²) in [6.45, 7) is 5.52. The van der Waals surface area contributed by atoms with Crippen LogP contribution >= 0.6 is 23.2 Å². The van der Waals surface area contributed by atoms with Gasteiger partial charge < -0.3 is 10.2 Å². The number of benzene rings is 3. The van der Waals surface area contributed by atoms with Crippen LogP contribution in [0.25, 0.3) is 0 Å². The number of halogens is 2. The Morgan fingerprint density at radius 1 is 0.900 bits per heavy atom. The first-order valence-corrected chi connectivity index (χ1v) is 15.4. The fourth-order valence-electron chi connectivity index (χ4n) is 4.34. The van der Waals surface area contributed by atoms with Crippen LogP contribution in [0.2, 0.25) is 10.0 Å². The molecule has 7 nitrogen and oxygen atoms in total. The van der Waals surface area contributed by atoms with E-state index in [0.29, 0.717) is 34.1 Å². The minimum Gasteiger partial charge on any atom is -0.354 e. The highest BCUT2D eigenvalue weighted by molar-refractivity contribution is 7.92. The monoisotopic (exact) mass is 603 g/mol. The predicted molar refractivity (Wildman–Crippen MR) is 161 cm³/mol. The Morgan fingerprint density at radius 3 is 2.20 bits per heavy atom. The summed E-state index contributed by atoms with van der Waals surface area (Å²) in [5.41, 5.74) is 1.44. The van der Waals surface area contributed by atoms with Gasteiger partial charge in [-0.25, -0.2) is 8.42 Å². The molecule has 0 saturated carbocycles. The van der Waals surface area contributed by atoms with Gasteiger partial charge in [-0.05, 0) is 61.2 Å². The molecule has 3 aromatic carbocycles. The van der Waals surface area contributed by atoms with E-state index in [2.05, 4.69) is 5.32 Å². The lowest BCUT2D eigenvalue weighted by atomic mass is 10.1. The van der Waals surface area contributed by atoms with Crippen LogP contribution in [0.15, 0.2) is 77.7 Å². The van der Waals surface area contributed by atoms with Crippen molar-refractivity contribution < 1.29 is 18.0 Å². The zero-order valence-electron chi connectivity index (χ0n) is 22.9. The van der Waals surface area contributed by atoms with Crippen LogP contribution in [0.4, 0.5) is 5.69 Å². The second-order valence-electron chi connectivity index (χ2n) is 9.39. The second-order valence-corrected chi connectivity index (χ2v) is 12.1. The van der Waals surface area contributed by atoms with Crippen molar-refractivity contribution in [3.63, 3.8) is 0 Å². The smallest absolute Gasteiger partial charge is 0.264 e. The van der Waals surface area contributed by atoms with Crippen molar-refractivity contribution >= 4 is 50.7 Å². The van der Waals surface area contributed by atoms with Crippen molar-refractivity contribution in [3.8, 4) is 0 Å². The highest BCUT2D eigenvalue weighted by Crippen LogP contribution is 2.31. The Bertz CT molecular complexity index is 1420. The molecule has 1 atom stereocenters. The van der Waals surface area contributed by atoms with E-state index in [1.165, 1.54) is 17.0 Å². The van der Waals surface area contributed by atoms with Crippen LogP contribution in [0.5, 0.6) is 0 Å². The topological polar surface area (TPSA) is 86.8 Å². The number of unbranched alkanes of at least 4 members (excludes halogenated alkanes) is 1. The van der Waals surface area contributed by atoms with Crippen LogP contribution in [0, 0.1) is 6.92 Å². The zero-order chi connectivity index (χ0) is 29.3. The molecule has 0 spiro atoms. The number of nitrogens with zero attached hydrogens (tertiary/aromatic N) is 2. The molecule has 1 N–H and O–H groups in total. The zero-order valence-corrected chi connectivity index (χ0v) is 25.3. The van der Waals surface area contributed by atoms with E-state index in [1.54, 1.807) is 67.6 Å². The molecule has 0 bridgehead atoms. The summed E-state index contributed by atoms with van der Waals surface area (Å²) >= 11 is 12.8. The number of amides is 2. The van der Waals surface area contributed by atoms with Gasteiger partial charge in [-0.3, -0.25) is 13.9 Å². The standard InChI is InChI=1S/C30H35Cl2N3O4S/c1-4-6-19-33-30(37)27(5-2)34(20-23-13-10-11-16-26(23)32)29(36)21-35(28-18-12-17-25(31)22(28)3)40(38,39)24-14-8-7-9-15-24/h7-18,27H,4-6,19-21H2,1-3H3,(H,33,37)/t27-/m0/s1. The highest BCUT2D eigenvalue weighted by atomic mass is 35.5. The van der Waals surface area contributed by atoms with Crippen LogP contribution < -0.4 is 9.62 Å². The van der Waals surface area contributed by atoms with Gasteiger partial charge in [0.25, 0.3) is 10.0 Å². The number of nitrogens with one attached hydrogen (secondary N) is 1. The number of anilines is 1. The molecule has 0 aliphatic rings. The molecule has 0 fully saturated rings. The fraction of sp³-hybridized carbons (Fsp3) is 0.333.